The molecule has 106 valence electrons. The minimum Gasteiger partial charge on any atom is -0.387 e. The average Bonchev–Trinajstić information content (AvgIpc) is 2.47. The minimum absolute atomic E-state index is 0.220. The van der Waals surface area contributed by atoms with Crippen molar-refractivity contribution in [1.29, 1.82) is 0 Å². The molecule has 0 saturated carbocycles. The maximum atomic E-state index is 11.3. The molecule has 0 aromatic heterocycles. The molecule has 19 heavy (non-hydrogen) atoms. The third-order valence-electron chi connectivity index (χ3n) is 4.29. The Morgan fingerprint density at radius 1 is 1.26 bits per heavy atom. The highest BCUT2D eigenvalue weighted by Gasteiger charge is 2.52. The van der Waals surface area contributed by atoms with Crippen molar-refractivity contribution in [3.63, 3.8) is 0 Å². The van der Waals surface area contributed by atoms with Crippen molar-refractivity contribution in [2.45, 2.75) is 43.3 Å². The van der Waals surface area contributed by atoms with E-state index >= 15 is 0 Å². The second-order valence-electron chi connectivity index (χ2n) is 5.49. The summed E-state index contributed by atoms with van der Waals surface area (Å²) in [4.78, 5) is 0. The van der Waals surface area contributed by atoms with Gasteiger partial charge in [0.2, 0.25) is 0 Å². The number of hydrogen-bond donors (Lipinski definition) is 1. The van der Waals surface area contributed by atoms with Gasteiger partial charge in [-0.3, -0.25) is 0 Å². The Morgan fingerprint density at radius 3 is 2.37 bits per heavy atom. The molecule has 1 aromatic rings. The second kappa shape index (κ2) is 6.11. The number of benzene rings is 1. The molecule has 2 atom stereocenters. The number of hydrogen-bond acceptors (Lipinski definition) is 3. The zero-order valence-corrected chi connectivity index (χ0v) is 13.7. The topological polar surface area (TPSA) is 20.2 Å². The summed E-state index contributed by atoms with van der Waals surface area (Å²) in [5.74, 6) is 2.55. The molecule has 1 aliphatic rings. The van der Waals surface area contributed by atoms with Crippen LogP contribution in [0.25, 0.3) is 0 Å². The largest absolute Gasteiger partial charge is 0.387 e. The summed E-state index contributed by atoms with van der Waals surface area (Å²) in [5, 5.41) is 11.3. The van der Waals surface area contributed by atoms with Crippen molar-refractivity contribution in [3.8, 4) is 0 Å². The third-order valence-corrected chi connectivity index (χ3v) is 8.10. The first-order valence-corrected chi connectivity index (χ1v) is 9.07. The molecule has 1 fully saturated rings. The van der Waals surface area contributed by atoms with Gasteiger partial charge in [0.1, 0.15) is 4.08 Å². The molecule has 0 amide bonds. The van der Waals surface area contributed by atoms with Crippen molar-refractivity contribution in [2.75, 3.05) is 11.5 Å². The maximum absolute atomic E-state index is 11.3. The van der Waals surface area contributed by atoms with Gasteiger partial charge < -0.3 is 5.11 Å². The van der Waals surface area contributed by atoms with Crippen molar-refractivity contribution in [3.05, 3.63) is 35.9 Å². The summed E-state index contributed by atoms with van der Waals surface area (Å²) in [6.07, 6.45) is 2.24. The van der Waals surface area contributed by atoms with Gasteiger partial charge in [0, 0.05) is 0 Å². The first-order chi connectivity index (χ1) is 9.04. The van der Waals surface area contributed by atoms with Crippen LogP contribution in [0.4, 0.5) is 0 Å². The summed E-state index contributed by atoms with van der Waals surface area (Å²) in [7, 11) is 0. The van der Waals surface area contributed by atoms with Crippen LogP contribution in [0.5, 0.6) is 0 Å². The van der Waals surface area contributed by atoms with E-state index in [2.05, 4.69) is 38.1 Å². The van der Waals surface area contributed by atoms with Gasteiger partial charge in [0.25, 0.3) is 0 Å². The Morgan fingerprint density at radius 2 is 1.84 bits per heavy atom. The van der Waals surface area contributed by atoms with Gasteiger partial charge in [0.05, 0.1) is 5.60 Å². The molecule has 0 aliphatic carbocycles. The predicted molar refractivity (Wildman–Crippen MR) is 87.7 cm³/mol. The number of thioether (sulfide) groups is 2. The van der Waals surface area contributed by atoms with Gasteiger partial charge in [-0.2, -0.15) is 0 Å². The lowest BCUT2D eigenvalue weighted by Gasteiger charge is -2.49. The lowest BCUT2D eigenvalue weighted by Crippen LogP contribution is -2.51. The van der Waals surface area contributed by atoms with E-state index in [1.165, 1.54) is 12.0 Å². The average molecular weight is 297 g/mol. The lowest BCUT2D eigenvalue weighted by molar-refractivity contribution is -0.00792. The quantitative estimate of drug-likeness (QED) is 0.883. The van der Waals surface area contributed by atoms with Gasteiger partial charge in [-0.1, -0.05) is 50.6 Å². The summed E-state index contributed by atoms with van der Waals surface area (Å²) in [6.45, 7) is 6.36. The first kappa shape index (κ1) is 15.3. The monoisotopic (exact) mass is 296 g/mol. The van der Waals surface area contributed by atoms with E-state index in [-0.39, 0.29) is 10.00 Å². The van der Waals surface area contributed by atoms with Crippen molar-refractivity contribution in [2.24, 2.45) is 5.92 Å². The molecule has 1 nitrogen and oxygen atoms in total. The fraction of sp³-hybridized carbons (Fsp3) is 0.625. The zero-order chi connectivity index (χ0) is 13.9. The molecule has 0 bridgehead atoms. The van der Waals surface area contributed by atoms with Crippen LogP contribution in [0.2, 0.25) is 0 Å². The summed E-state index contributed by atoms with van der Waals surface area (Å²) in [5.41, 5.74) is 0.564. The highest BCUT2D eigenvalue weighted by Crippen LogP contribution is 2.59. The van der Waals surface area contributed by atoms with Crippen LogP contribution in [0.15, 0.2) is 30.3 Å². The van der Waals surface area contributed by atoms with E-state index in [9.17, 15) is 5.11 Å². The fourth-order valence-corrected chi connectivity index (χ4v) is 6.42. The van der Waals surface area contributed by atoms with E-state index in [0.29, 0.717) is 0 Å². The Kier molecular flexibility index (Phi) is 4.91. The van der Waals surface area contributed by atoms with Crippen LogP contribution in [-0.4, -0.2) is 22.2 Å². The van der Waals surface area contributed by atoms with Gasteiger partial charge in [-0.05, 0) is 36.3 Å². The van der Waals surface area contributed by atoms with Gasteiger partial charge in [0.15, 0.2) is 0 Å². The molecule has 1 heterocycles. The van der Waals surface area contributed by atoms with Crippen LogP contribution >= 0.6 is 23.5 Å². The van der Waals surface area contributed by atoms with Crippen LogP contribution < -0.4 is 0 Å². The highest BCUT2D eigenvalue weighted by molar-refractivity contribution is 8.18. The Labute approximate surface area is 125 Å². The predicted octanol–water partition coefficient (Wildman–Crippen LogP) is 4.51. The summed E-state index contributed by atoms with van der Waals surface area (Å²) in [6, 6.07) is 10.6. The van der Waals surface area contributed by atoms with Gasteiger partial charge in [-0.25, -0.2) is 0 Å². The molecule has 2 rings (SSSR count). The van der Waals surface area contributed by atoms with E-state index in [1.54, 1.807) is 0 Å². The summed E-state index contributed by atoms with van der Waals surface area (Å²) >= 11 is 3.85. The molecule has 1 N–H and O–H groups in total. The van der Waals surface area contributed by atoms with Crippen LogP contribution in [-0.2, 0) is 4.08 Å². The van der Waals surface area contributed by atoms with Crippen molar-refractivity contribution < 1.29 is 5.11 Å². The molecule has 1 aliphatic heterocycles. The molecule has 1 unspecified atom stereocenters. The van der Waals surface area contributed by atoms with Crippen LogP contribution in [0.1, 0.15) is 39.2 Å². The van der Waals surface area contributed by atoms with Crippen molar-refractivity contribution >= 4 is 23.5 Å². The molecule has 1 aromatic carbocycles. The highest BCUT2D eigenvalue weighted by atomic mass is 32.2. The summed E-state index contributed by atoms with van der Waals surface area (Å²) < 4.78 is -0.220. The Bertz CT molecular complexity index is 396. The van der Waals surface area contributed by atoms with Gasteiger partial charge >= 0.3 is 0 Å². The Hall–Kier alpha value is -0.120. The van der Waals surface area contributed by atoms with Gasteiger partial charge in [-0.15, -0.1) is 23.5 Å². The minimum atomic E-state index is -0.696. The van der Waals surface area contributed by atoms with Crippen LogP contribution in [0, 0.1) is 5.92 Å². The van der Waals surface area contributed by atoms with E-state index < -0.39 is 5.60 Å². The van der Waals surface area contributed by atoms with E-state index in [4.69, 9.17) is 0 Å². The van der Waals surface area contributed by atoms with Crippen LogP contribution in [0.3, 0.4) is 0 Å². The maximum Gasteiger partial charge on any atom is 0.115 e. The smallest absolute Gasteiger partial charge is 0.115 e. The molecule has 0 radical (unpaired) electrons. The van der Waals surface area contributed by atoms with E-state index in [0.717, 1.165) is 17.9 Å². The molecular weight excluding hydrogens is 272 g/mol. The third kappa shape index (κ3) is 2.70. The second-order valence-corrected chi connectivity index (χ2v) is 8.37. The SMILES string of the molecule is CC[C@H](C)C(C)(O)C1(c2ccccc2)SCCCS1. The Balaban J connectivity index is 2.46. The van der Waals surface area contributed by atoms with Crippen molar-refractivity contribution in [1.82, 2.24) is 0 Å². The first-order valence-electron chi connectivity index (χ1n) is 7.10. The standard InChI is InChI=1S/C16H24OS2/c1-4-13(2)15(3,17)16(18-11-8-12-19-16)14-9-6-5-7-10-14/h5-7,9-10,13,17H,4,8,11-12H2,1-3H3/t13-,15?/m0/s1. The molecule has 0 spiro atoms. The zero-order valence-electron chi connectivity index (χ0n) is 12.1. The molecule has 3 heteroatoms. The molecule has 1 saturated heterocycles. The lowest BCUT2D eigenvalue weighted by atomic mass is 9.82. The fourth-order valence-electron chi connectivity index (χ4n) is 2.66. The normalized spacial score (nSPS) is 23.6. The number of rotatable bonds is 4. The molecular formula is C16H24OS2. The number of aliphatic hydroxyl groups is 1. The van der Waals surface area contributed by atoms with E-state index in [1.807, 2.05) is 36.5 Å².